The van der Waals surface area contributed by atoms with Crippen LogP contribution in [0.5, 0.6) is 0 Å². The Morgan fingerprint density at radius 3 is 2.25 bits per heavy atom. The molecule has 1 aliphatic carbocycles. The summed E-state index contributed by atoms with van der Waals surface area (Å²) >= 11 is 0. The van der Waals surface area contributed by atoms with E-state index in [9.17, 15) is 5.11 Å². The fourth-order valence-corrected chi connectivity index (χ4v) is 2.76. The van der Waals surface area contributed by atoms with Gasteiger partial charge in [-0.1, -0.05) is 24.3 Å². The summed E-state index contributed by atoms with van der Waals surface area (Å²) in [5.41, 5.74) is 2.60. The molecule has 86 valence electrons. The van der Waals surface area contributed by atoms with E-state index < -0.39 is 0 Å². The molecule has 2 nitrogen and oxygen atoms in total. The van der Waals surface area contributed by atoms with Crippen molar-refractivity contribution in [3.63, 3.8) is 0 Å². The number of hydrogen-bond acceptors (Lipinski definition) is 2. The van der Waals surface area contributed by atoms with Crippen LogP contribution in [0.3, 0.4) is 0 Å². The van der Waals surface area contributed by atoms with Gasteiger partial charge in [-0.15, -0.1) is 0 Å². The number of rotatable bonds is 3. The third-order valence-electron chi connectivity index (χ3n) is 4.08. The van der Waals surface area contributed by atoms with Crippen LogP contribution in [0.15, 0.2) is 24.3 Å². The van der Waals surface area contributed by atoms with Gasteiger partial charge < -0.3 is 5.11 Å². The Balaban J connectivity index is 1.56. The zero-order valence-electron chi connectivity index (χ0n) is 9.65. The molecule has 3 rings (SSSR count). The van der Waals surface area contributed by atoms with E-state index in [1.165, 1.54) is 17.5 Å². The van der Waals surface area contributed by atoms with Crippen LogP contribution in [0.2, 0.25) is 0 Å². The van der Waals surface area contributed by atoms with Gasteiger partial charge >= 0.3 is 0 Å². The maximum absolute atomic E-state index is 10.1. The molecule has 1 aromatic rings. The Morgan fingerprint density at radius 2 is 1.75 bits per heavy atom. The molecule has 0 saturated heterocycles. The maximum atomic E-state index is 10.1. The predicted octanol–water partition coefficient (Wildman–Crippen LogP) is 2.31. The first-order chi connectivity index (χ1) is 7.75. The zero-order chi connectivity index (χ0) is 11.0. The Labute approximate surface area is 96.9 Å². The molecule has 0 spiro atoms. The van der Waals surface area contributed by atoms with Crippen molar-refractivity contribution in [2.45, 2.75) is 44.4 Å². The molecular formula is C14H19NO. The molecule has 1 aliphatic heterocycles. The minimum atomic E-state index is -0.325. The van der Waals surface area contributed by atoms with E-state index in [-0.39, 0.29) is 5.60 Å². The Hall–Kier alpha value is -0.860. The summed E-state index contributed by atoms with van der Waals surface area (Å²) in [6.45, 7) is 3.16. The first-order valence-electron chi connectivity index (χ1n) is 6.27. The average molecular weight is 217 g/mol. The van der Waals surface area contributed by atoms with E-state index >= 15 is 0 Å². The van der Waals surface area contributed by atoms with Gasteiger partial charge in [0.2, 0.25) is 0 Å². The van der Waals surface area contributed by atoms with Gasteiger partial charge in [0.15, 0.2) is 0 Å². The Morgan fingerprint density at radius 1 is 1.12 bits per heavy atom. The maximum Gasteiger partial charge on any atom is 0.0660 e. The SMILES string of the molecule is OC1(CCN2Cc3ccccc3C2)CCC1. The van der Waals surface area contributed by atoms with Crippen molar-refractivity contribution in [1.29, 1.82) is 0 Å². The minimum absolute atomic E-state index is 0.325. The molecule has 0 unspecified atom stereocenters. The summed E-state index contributed by atoms with van der Waals surface area (Å²) in [7, 11) is 0. The topological polar surface area (TPSA) is 23.5 Å². The molecule has 1 N–H and O–H groups in total. The molecule has 2 heteroatoms. The standard InChI is InChI=1S/C14H19NO/c16-14(6-3-7-14)8-9-15-10-12-4-1-2-5-13(12)11-15/h1-2,4-5,16H,3,6-11H2. The molecule has 1 heterocycles. The molecule has 0 amide bonds. The molecule has 0 atom stereocenters. The summed E-state index contributed by atoms with van der Waals surface area (Å²) < 4.78 is 0. The van der Waals surface area contributed by atoms with Gasteiger partial charge in [0.1, 0.15) is 0 Å². The summed E-state index contributed by atoms with van der Waals surface area (Å²) in [4.78, 5) is 2.45. The molecule has 16 heavy (non-hydrogen) atoms. The van der Waals surface area contributed by atoms with Crippen LogP contribution in [-0.4, -0.2) is 22.2 Å². The summed E-state index contributed by atoms with van der Waals surface area (Å²) in [6, 6.07) is 8.66. The third kappa shape index (κ3) is 1.87. The van der Waals surface area contributed by atoms with E-state index in [1.807, 2.05) is 0 Å². The van der Waals surface area contributed by atoms with Crippen molar-refractivity contribution >= 4 is 0 Å². The molecule has 1 saturated carbocycles. The van der Waals surface area contributed by atoms with Crippen molar-refractivity contribution in [1.82, 2.24) is 4.90 Å². The fraction of sp³-hybridized carbons (Fsp3) is 0.571. The molecule has 1 aromatic carbocycles. The van der Waals surface area contributed by atoms with Crippen molar-refractivity contribution < 1.29 is 5.11 Å². The first kappa shape index (κ1) is 10.3. The highest BCUT2D eigenvalue weighted by molar-refractivity contribution is 5.30. The van der Waals surface area contributed by atoms with Gasteiger partial charge in [-0.25, -0.2) is 0 Å². The lowest BCUT2D eigenvalue weighted by Gasteiger charge is -2.37. The van der Waals surface area contributed by atoms with Crippen LogP contribution in [0, 0.1) is 0 Å². The highest BCUT2D eigenvalue weighted by atomic mass is 16.3. The third-order valence-corrected chi connectivity index (χ3v) is 4.08. The quantitative estimate of drug-likeness (QED) is 0.840. The predicted molar refractivity (Wildman–Crippen MR) is 64.0 cm³/mol. The second-order valence-electron chi connectivity index (χ2n) is 5.31. The average Bonchev–Trinajstić information content (AvgIpc) is 2.66. The van der Waals surface area contributed by atoms with Crippen molar-refractivity contribution in [2.75, 3.05) is 6.54 Å². The number of fused-ring (bicyclic) bond motifs is 1. The van der Waals surface area contributed by atoms with E-state index in [1.54, 1.807) is 0 Å². The molecular weight excluding hydrogens is 198 g/mol. The normalized spacial score (nSPS) is 22.8. The monoisotopic (exact) mass is 217 g/mol. The largest absolute Gasteiger partial charge is 0.390 e. The van der Waals surface area contributed by atoms with Crippen molar-refractivity contribution in [2.24, 2.45) is 0 Å². The van der Waals surface area contributed by atoms with Crippen LogP contribution < -0.4 is 0 Å². The number of benzene rings is 1. The van der Waals surface area contributed by atoms with Crippen LogP contribution in [0.25, 0.3) is 0 Å². The van der Waals surface area contributed by atoms with Gasteiger partial charge in [0.25, 0.3) is 0 Å². The minimum Gasteiger partial charge on any atom is -0.390 e. The van der Waals surface area contributed by atoms with Crippen molar-refractivity contribution in [3.05, 3.63) is 35.4 Å². The van der Waals surface area contributed by atoms with Gasteiger partial charge in [-0.2, -0.15) is 0 Å². The van der Waals surface area contributed by atoms with Crippen molar-refractivity contribution in [3.8, 4) is 0 Å². The Kier molecular flexibility index (Phi) is 2.49. The number of nitrogens with zero attached hydrogens (tertiary/aromatic N) is 1. The summed E-state index contributed by atoms with van der Waals surface area (Å²) in [5, 5.41) is 10.1. The molecule has 0 radical (unpaired) electrons. The molecule has 1 fully saturated rings. The summed E-state index contributed by atoms with van der Waals surface area (Å²) in [6.07, 6.45) is 4.17. The second-order valence-corrected chi connectivity index (χ2v) is 5.31. The van der Waals surface area contributed by atoms with E-state index in [4.69, 9.17) is 0 Å². The van der Waals surface area contributed by atoms with Crippen LogP contribution >= 0.6 is 0 Å². The fourth-order valence-electron chi connectivity index (χ4n) is 2.76. The zero-order valence-corrected chi connectivity index (χ0v) is 9.65. The smallest absolute Gasteiger partial charge is 0.0660 e. The van der Waals surface area contributed by atoms with E-state index in [0.29, 0.717) is 0 Å². The second kappa shape index (κ2) is 3.86. The van der Waals surface area contributed by atoms with Crippen LogP contribution in [0.1, 0.15) is 36.8 Å². The summed E-state index contributed by atoms with van der Waals surface area (Å²) in [5.74, 6) is 0. The van der Waals surface area contributed by atoms with E-state index in [0.717, 1.165) is 38.9 Å². The van der Waals surface area contributed by atoms with Gasteiger partial charge in [-0.3, -0.25) is 4.90 Å². The highest BCUT2D eigenvalue weighted by Crippen LogP contribution is 2.35. The number of aliphatic hydroxyl groups is 1. The van der Waals surface area contributed by atoms with Gasteiger partial charge in [0.05, 0.1) is 5.60 Å². The lowest BCUT2D eigenvalue weighted by atomic mass is 9.78. The van der Waals surface area contributed by atoms with Gasteiger partial charge in [0, 0.05) is 19.6 Å². The van der Waals surface area contributed by atoms with Crippen LogP contribution in [0.4, 0.5) is 0 Å². The first-order valence-corrected chi connectivity index (χ1v) is 6.27. The van der Waals surface area contributed by atoms with E-state index in [2.05, 4.69) is 29.2 Å². The lowest BCUT2D eigenvalue weighted by Crippen LogP contribution is -2.39. The lowest BCUT2D eigenvalue weighted by molar-refractivity contribution is -0.0466. The molecule has 0 bridgehead atoms. The molecule has 2 aliphatic rings. The highest BCUT2D eigenvalue weighted by Gasteiger charge is 2.34. The van der Waals surface area contributed by atoms with Crippen LogP contribution in [-0.2, 0) is 13.1 Å². The molecule has 0 aromatic heterocycles. The van der Waals surface area contributed by atoms with Gasteiger partial charge in [-0.05, 0) is 36.8 Å². The number of hydrogen-bond donors (Lipinski definition) is 1. The Bertz CT molecular complexity index is 359.